The van der Waals surface area contributed by atoms with E-state index in [1.807, 2.05) is 18.2 Å². The van der Waals surface area contributed by atoms with Gasteiger partial charge in [0.15, 0.2) is 0 Å². The van der Waals surface area contributed by atoms with Crippen molar-refractivity contribution in [1.82, 2.24) is 5.32 Å². The standard InChI is InChI=1S/C14H18Cl3N/c15-12-4-2-1-3-11(12)9-18-8-10-5-6-13(16)14(17)7-10/h5-7,11-12,18H,1-4,8-9H2. The van der Waals surface area contributed by atoms with Crippen molar-refractivity contribution in [3.8, 4) is 0 Å². The van der Waals surface area contributed by atoms with Crippen molar-refractivity contribution < 1.29 is 0 Å². The molecule has 1 aromatic rings. The third-order valence-electron chi connectivity index (χ3n) is 3.54. The topological polar surface area (TPSA) is 12.0 Å². The third kappa shape index (κ3) is 4.03. The van der Waals surface area contributed by atoms with E-state index in [9.17, 15) is 0 Å². The second-order valence-corrected chi connectivity index (χ2v) is 6.31. The highest BCUT2D eigenvalue weighted by Gasteiger charge is 2.22. The van der Waals surface area contributed by atoms with Crippen LogP contribution in [0.1, 0.15) is 31.2 Å². The molecule has 0 aliphatic heterocycles. The van der Waals surface area contributed by atoms with Crippen molar-refractivity contribution >= 4 is 34.8 Å². The van der Waals surface area contributed by atoms with Crippen LogP contribution in [0.5, 0.6) is 0 Å². The summed E-state index contributed by atoms with van der Waals surface area (Å²) in [7, 11) is 0. The average Bonchev–Trinajstić information content (AvgIpc) is 2.36. The number of rotatable bonds is 4. The van der Waals surface area contributed by atoms with Crippen molar-refractivity contribution in [2.75, 3.05) is 6.54 Å². The molecule has 4 heteroatoms. The summed E-state index contributed by atoms with van der Waals surface area (Å²) in [4.78, 5) is 0. The zero-order valence-corrected chi connectivity index (χ0v) is 12.5. The SMILES string of the molecule is Clc1ccc(CNCC2CCCCC2Cl)cc1Cl. The molecule has 0 amide bonds. The van der Waals surface area contributed by atoms with Crippen LogP contribution in [0.15, 0.2) is 18.2 Å². The lowest BCUT2D eigenvalue weighted by molar-refractivity contribution is 0.348. The van der Waals surface area contributed by atoms with Gasteiger partial charge in [0.25, 0.3) is 0 Å². The first-order chi connectivity index (χ1) is 8.66. The minimum absolute atomic E-state index is 0.333. The lowest BCUT2D eigenvalue weighted by atomic mass is 9.89. The first-order valence-corrected chi connectivity index (χ1v) is 7.65. The van der Waals surface area contributed by atoms with E-state index < -0.39 is 0 Å². The molecular formula is C14H18Cl3N. The fourth-order valence-corrected chi connectivity index (χ4v) is 3.13. The Morgan fingerprint density at radius 1 is 1.11 bits per heavy atom. The predicted octanol–water partition coefficient (Wildman–Crippen LogP) is 4.88. The highest BCUT2D eigenvalue weighted by atomic mass is 35.5. The molecule has 0 radical (unpaired) electrons. The predicted molar refractivity (Wildman–Crippen MR) is 79.8 cm³/mol. The minimum atomic E-state index is 0.333. The van der Waals surface area contributed by atoms with Crippen LogP contribution in [0.3, 0.4) is 0 Å². The summed E-state index contributed by atoms with van der Waals surface area (Å²) < 4.78 is 0. The smallest absolute Gasteiger partial charge is 0.0595 e. The quantitative estimate of drug-likeness (QED) is 0.782. The second kappa shape index (κ2) is 7.00. The van der Waals surface area contributed by atoms with Crippen molar-refractivity contribution in [1.29, 1.82) is 0 Å². The van der Waals surface area contributed by atoms with E-state index in [1.165, 1.54) is 19.3 Å². The Labute approximate surface area is 124 Å². The monoisotopic (exact) mass is 305 g/mol. The fourth-order valence-electron chi connectivity index (χ4n) is 2.44. The summed E-state index contributed by atoms with van der Waals surface area (Å²) in [6.45, 7) is 1.80. The molecule has 1 aliphatic carbocycles. The van der Waals surface area contributed by atoms with Gasteiger partial charge in [0.2, 0.25) is 0 Å². The summed E-state index contributed by atoms with van der Waals surface area (Å²) in [5, 5.41) is 5.02. The van der Waals surface area contributed by atoms with Crippen molar-refractivity contribution in [2.45, 2.75) is 37.6 Å². The minimum Gasteiger partial charge on any atom is -0.312 e. The molecule has 2 atom stereocenters. The molecule has 1 nitrogen and oxygen atoms in total. The molecule has 1 N–H and O–H groups in total. The van der Waals surface area contributed by atoms with E-state index in [-0.39, 0.29) is 0 Å². The number of hydrogen-bond acceptors (Lipinski definition) is 1. The van der Waals surface area contributed by atoms with E-state index in [2.05, 4.69) is 5.32 Å². The zero-order chi connectivity index (χ0) is 13.0. The first-order valence-electron chi connectivity index (χ1n) is 6.45. The highest BCUT2D eigenvalue weighted by Crippen LogP contribution is 2.28. The Kier molecular flexibility index (Phi) is 5.62. The molecule has 0 aromatic heterocycles. The fraction of sp³-hybridized carbons (Fsp3) is 0.571. The molecule has 2 unspecified atom stereocenters. The van der Waals surface area contributed by atoms with Gasteiger partial charge < -0.3 is 5.32 Å². The van der Waals surface area contributed by atoms with E-state index in [0.717, 1.165) is 25.1 Å². The molecule has 2 rings (SSSR count). The van der Waals surface area contributed by atoms with Gasteiger partial charge in [0.05, 0.1) is 10.0 Å². The number of nitrogens with one attached hydrogen (secondary N) is 1. The maximum Gasteiger partial charge on any atom is 0.0595 e. The number of alkyl halides is 1. The van der Waals surface area contributed by atoms with E-state index >= 15 is 0 Å². The van der Waals surface area contributed by atoms with E-state index in [4.69, 9.17) is 34.8 Å². The third-order valence-corrected chi connectivity index (χ3v) is 4.85. The molecular weight excluding hydrogens is 289 g/mol. The van der Waals surface area contributed by atoms with Crippen molar-refractivity contribution in [3.05, 3.63) is 33.8 Å². The molecule has 0 spiro atoms. The molecule has 1 aliphatic rings. The summed E-state index contributed by atoms with van der Waals surface area (Å²) in [5.41, 5.74) is 1.16. The van der Waals surface area contributed by atoms with E-state index in [0.29, 0.717) is 21.3 Å². The van der Waals surface area contributed by atoms with Gasteiger partial charge in [-0.05, 0) is 43.0 Å². The Morgan fingerprint density at radius 2 is 1.89 bits per heavy atom. The van der Waals surface area contributed by atoms with Crippen LogP contribution in [-0.4, -0.2) is 11.9 Å². The molecule has 0 heterocycles. The van der Waals surface area contributed by atoms with Gasteiger partial charge in [-0.3, -0.25) is 0 Å². The number of halogens is 3. The van der Waals surface area contributed by atoms with Gasteiger partial charge in [-0.1, -0.05) is 42.1 Å². The Bertz CT molecular complexity index is 395. The lowest BCUT2D eigenvalue weighted by Gasteiger charge is -2.27. The van der Waals surface area contributed by atoms with Crippen LogP contribution in [0.25, 0.3) is 0 Å². The zero-order valence-electron chi connectivity index (χ0n) is 10.3. The van der Waals surface area contributed by atoms with Crippen molar-refractivity contribution in [3.63, 3.8) is 0 Å². The molecule has 0 saturated heterocycles. The largest absolute Gasteiger partial charge is 0.312 e. The highest BCUT2D eigenvalue weighted by molar-refractivity contribution is 6.42. The molecule has 100 valence electrons. The maximum atomic E-state index is 6.33. The van der Waals surface area contributed by atoms with Gasteiger partial charge >= 0.3 is 0 Å². The van der Waals surface area contributed by atoms with Gasteiger partial charge in [0, 0.05) is 11.9 Å². The summed E-state index contributed by atoms with van der Waals surface area (Å²) in [5.74, 6) is 0.600. The Balaban J connectivity index is 1.79. The molecule has 1 aromatic carbocycles. The van der Waals surface area contributed by atoms with Gasteiger partial charge in [-0.2, -0.15) is 0 Å². The molecule has 18 heavy (non-hydrogen) atoms. The van der Waals surface area contributed by atoms with Gasteiger partial charge in [-0.15, -0.1) is 11.6 Å². The van der Waals surface area contributed by atoms with Gasteiger partial charge in [0.1, 0.15) is 0 Å². The van der Waals surface area contributed by atoms with Crippen molar-refractivity contribution in [2.24, 2.45) is 5.92 Å². The summed E-state index contributed by atoms with van der Waals surface area (Å²) in [6, 6.07) is 5.75. The normalized spacial score (nSPS) is 24.2. The van der Waals surface area contributed by atoms with Crippen LogP contribution in [0.4, 0.5) is 0 Å². The van der Waals surface area contributed by atoms with Crippen LogP contribution in [0, 0.1) is 5.92 Å². The van der Waals surface area contributed by atoms with E-state index in [1.54, 1.807) is 0 Å². The summed E-state index contributed by atoms with van der Waals surface area (Å²) in [6.07, 6.45) is 4.98. The number of benzene rings is 1. The Morgan fingerprint density at radius 3 is 2.61 bits per heavy atom. The van der Waals surface area contributed by atoms with Crippen LogP contribution >= 0.6 is 34.8 Å². The lowest BCUT2D eigenvalue weighted by Crippen LogP contribution is -2.30. The summed E-state index contributed by atoms with van der Waals surface area (Å²) >= 11 is 18.2. The molecule has 0 bridgehead atoms. The molecule has 1 fully saturated rings. The average molecular weight is 307 g/mol. The number of hydrogen-bond donors (Lipinski definition) is 1. The Hall–Kier alpha value is 0.0500. The van der Waals surface area contributed by atoms with Crippen LogP contribution < -0.4 is 5.32 Å². The molecule has 1 saturated carbocycles. The maximum absolute atomic E-state index is 6.33. The van der Waals surface area contributed by atoms with Crippen LogP contribution in [0.2, 0.25) is 10.0 Å². The first kappa shape index (κ1) is 14.5. The van der Waals surface area contributed by atoms with Crippen LogP contribution in [-0.2, 0) is 6.54 Å². The second-order valence-electron chi connectivity index (χ2n) is 4.94. The van der Waals surface area contributed by atoms with Gasteiger partial charge in [-0.25, -0.2) is 0 Å².